The Morgan fingerprint density at radius 1 is 1.54 bits per heavy atom. The molecule has 2 heteroatoms. The summed E-state index contributed by atoms with van der Waals surface area (Å²) < 4.78 is 0. The van der Waals surface area contributed by atoms with Crippen LogP contribution in [0.3, 0.4) is 0 Å². The van der Waals surface area contributed by atoms with E-state index in [1.807, 2.05) is 0 Å². The average molecular weight is 184 g/mol. The summed E-state index contributed by atoms with van der Waals surface area (Å²) in [7, 11) is 0. The van der Waals surface area contributed by atoms with E-state index in [1.165, 1.54) is 38.6 Å². The molecule has 0 aliphatic carbocycles. The summed E-state index contributed by atoms with van der Waals surface area (Å²) >= 11 is 0. The molecule has 0 bridgehead atoms. The average Bonchev–Trinajstić information content (AvgIpc) is 2.61. The quantitative estimate of drug-likeness (QED) is 0.708. The summed E-state index contributed by atoms with van der Waals surface area (Å²) in [5, 5.41) is 0. The number of rotatable bonds is 5. The van der Waals surface area contributed by atoms with Gasteiger partial charge >= 0.3 is 0 Å². The van der Waals surface area contributed by atoms with Crippen LogP contribution in [0.4, 0.5) is 0 Å². The minimum Gasteiger partial charge on any atom is -0.330 e. The lowest BCUT2D eigenvalue weighted by atomic mass is 10.1. The van der Waals surface area contributed by atoms with Gasteiger partial charge in [-0.25, -0.2) is 0 Å². The van der Waals surface area contributed by atoms with Crippen molar-refractivity contribution in [2.75, 3.05) is 13.1 Å². The molecule has 2 nitrogen and oxygen atoms in total. The van der Waals surface area contributed by atoms with Crippen molar-refractivity contribution in [1.29, 1.82) is 0 Å². The summed E-state index contributed by atoms with van der Waals surface area (Å²) in [5.74, 6) is 0. The summed E-state index contributed by atoms with van der Waals surface area (Å²) in [6.07, 6.45) is 6.56. The fraction of sp³-hybridized carbons (Fsp3) is 1.00. The largest absolute Gasteiger partial charge is 0.330 e. The van der Waals surface area contributed by atoms with Gasteiger partial charge < -0.3 is 5.73 Å². The number of likely N-dealkylation sites (tertiary alicyclic amines) is 1. The van der Waals surface area contributed by atoms with Gasteiger partial charge in [0.05, 0.1) is 0 Å². The minimum atomic E-state index is 0.769. The van der Waals surface area contributed by atoms with Crippen molar-refractivity contribution in [1.82, 2.24) is 4.90 Å². The summed E-state index contributed by atoms with van der Waals surface area (Å²) in [6.45, 7) is 6.79. The fourth-order valence-electron chi connectivity index (χ4n) is 2.34. The molecule has 0 spiro atoms. The van der Waals surface area contributed by atoms with Crippen LogP contribution >= 0.6 is 0 Å². The van der Waals surface area contributed by atoms with E-state index in [0.717, 1.165) is 18.6 Å². The van der Waals surface area contributed by atoms with Gasteiger partial charge in [0, 0.05) is 12.1 Å². The minimum absolute atomic E-state index is 0.769. The van der Waals surface area contributed by atoms with Crippen LogP contribution in [0.5, 0.6) is 0 Å². The van der Waals surface area contributed by atoms with E-state index in [1.54, 1.807) is 0 Å². The molecule has 78 valence electrons. The highest BCUT2D eigenvalue weighted by atomic mass is 15.2. The standard InChI is InChI=1S/C11H24N2/c1-3-10(2)13-9-5-7-11(13)6-4-8-12/h10-11H,3-9,12H2,1-2H3. The lowest BCUT2D eigenvalue weighted by Crippen LogP contribution is -2.37. The van der Waals surface area contributed by atoms with Gasteiger partial charge in [-0.3, -0.25) is 4.90 Å². The second kappa shape index (κ2) is 5.61. The topological polar surface area (TPSA) is 29.3 Å². The Morgan fingerprint density at radius 3 is 2.92 bits per heavy atom. The molecule has 2 N–H and O–H groups in total. The Kier molecular flexibility index (Phi) is 4.74. The fourth-order valence-corrected chi connectivity index (χ4v) is 2.34. The van der Waals surface area contributed by atoms with Gasteiger partial charge in [0.1, 0.15) is 0 Å². The van der Waals surface area contributed by atoms with Crippen LogP contribution in [0.2, 0.25) is 0 Å². The maximum Gasteiger partial charge on any atom is 0.00990 e. The van der Waals surface area contributed by atoms with Crippen LogP contribution in [0.25, 0.3) is 0 Å². The second-order valence-corrected chi connectivity index (χ2v) is 4.22. The van der Waals surface area contributed by atoms with E-state index in [-0.39, 0.29) is 0 Å². The third kappa shape index (κ3) is 2.96. The summed E-state index contributed by atoms with van der Waals surface area (Å²) in [4.78, 5) is 2.68. The third-order valence-electron chi connectivity index (χ3n) is 3.32. The molecule has 1 rings (SSSR count). The van der Waals surface area contributed by atoms with Crippen molar-refractivity contribution in [3.05, 3.63) is 0 Å². The van der Waals surface area contributed by atoms with Gasteiger partial charge in [0.25, 0.3) is 0 Å². The zero-order valence-corrected chi connectivity index (χ0v) is 9.13. The van der Waals surface area contributed by atoms with Crippen LogP contribution in [0.15, 0.2) is 0 Å². The van der Waals surface area contributed by atoms with Gasteiger partial charge in [-0.15, -0.1) is 0 Å². The van der Waals surface area contributed by atoms with E-state index >= 15 is 0 Å². The monoisotopic (exact) mass is 184 g/mol. The Hall–Kier alpha value is -0.0800. The van der Waals surface area contributed by atoms with Gasteiger partial charge in [0.15, 0.2) is 0 Å². The highest BCUT2D eigenvalue weighted by Gasteiger charge is 2.26. The molecule has 0 aromatic heterocycles. The maximum absolute atomic E-state index is 5.54. The lowest BCUT2D eigenvalue weighted by Gasteiger charge is -2.30. The van der Waals surface area contributed by atoms with Crippen LogP contribution in [0, 0.1) is 0 Å². The van der Waals surface area contributed by atoms with E-state index in [9.17, 15) is 0 Å². The van der Waals surface area contributed by atoms with E-state index in [4.69, 9.17) is 5.73 Å². The zero-order valence-electron chi connectivity index (χ0n) is 9.13. The van der Waals surface area contributed by atoms with Crippen LogP contribution in [-0.4, -0.2) is 30.1 Å². The number of nitrogens with two attached hydrogens (primary N) is 1. The first-order chi connectivity index (χ1) is 6.29. The van der Waals surface area contributed by atoms with Gasteiger partial charge in [-0.05, 0) is 52.1 Å². The van der Waals surface area contributed by atoms with E-state index < -0.39 is 0 Å². The summed E-state index contributed by atoms with van der Waals surface area (Å²) in [5.41, 5.74) is 5.54. The molecule has 0 aromatic carbocycles. The molecule has 2 unspecified atom stereocenters. The predicted octanol–water partition coefficient (Wildman–Crippen LogP) is 1.99. The molecule has 0 radical (unpaired) electrons. The van der Waals surface area contributed by atoms with E-state index in [0.29, 0.717) is 0 Å². The smallest absolute Gasteiger partial charge is 0.00990 e. The molecular weight excluding hydrogens is 160 g/mol. The SMILES string of the molecule is CCC(C)N1CCCC1CCCN. The lowest BCUT2D eigenvalue weighted by molar-refractivity contribution is 0.178. The highest BCUT2D eigenvalue weighted by molar-refractivity contribution is 4.82. The van der Waals surface area contributed by atoms with Crippen LogP contribution in [-0.2, 0) is 0 Å². The second-order valence-electron chi connectivity index (χ2n) is 4.22. The molecule has 0 aromatic rings. The molecular formula is C11H24N2. The first kappa shape index (κ1) is 11.0. The molecule has 13 heavy (non-hydrogen) atoms. The molecule has 1 fully saturated rings. The van der Waals surface area contributed by atoms with Crippen molar-refractivity contribution in [2.24, 2.45) is 5.73 Å². The number of nitrogens with zero attached hydrogens (tertiary/aromatic N) is 1. The highest BCUT2D eigenvalue weighted by Crippen LogP contribution is 2.24. The predicted molar refractivity (Wildman–Crippen MR) is 57.8 cm³/mol. The number of hydrogen-bond donors (Lipinski definition) is 1. The maximum atomic E-state index is 5.54. The van der Waals surface area contributed by atoms with Crippen LogP contribution in [0.1, 0.15) is 46.0 Å². The van der Waals surface area contributed by atoms with Crippen molar-refractivity contribution in [3.8, 4) is 0 Å². The number of hydrogen-bond acceptors (Lipinski definition) is 2. The molecule has 0 amide bonds. The summed E-state index contributed by atoms with van der Waals surface area (Å²) in [6, 6.07) is 1.60. The van der Waals surface area contributed by atoms with Crippen molar-refractivity contribution in [3.63, 3.8) is 0 Å². The first-order valence-electron chi connectivity index (χ1n) is 5.75. The Bertz CT molecular complexity index is 136. The van der Waals surface area contributed by atoms with Gasteiger partial charge in [-0.2, -0.15) is 0 Å². The molecule has 2 atom stereocenters. The molecule has 1 aliphatic heterocycles. The van der Waals surface area contributed by atoms with Crippen molar-refractivity contribution in [2.45, 2.75) is 58.0 Å². The van der Waals surface area contributed by atoms with Crippen molar-refractivity contribution < 1.29 is 0 Å². The van der Waals surface area contributed by atoms with Crippen molar-refractivity contribution >= 4 is 0 Å². The third-order valence-corrected chi connectivity index (χ3v) is 3.32. The van der Waals surface area contributed by atoms with Gasteiger partial charge in [0.2, 0.25) is 0 Å². The molecule has 1 saturated heterocycles. The zero-order chi connectivity index (χ0) is 9.68. The Balaban J connectivity index is 2.34. The Morgan fingerprint density at radius 2 is 2.31 bits per heavy atom. The Labute approximate surface area is 82.5 Å². The van der Waals surface area contributed by atoms with E-state index in [2.05, 4.69) is 18.7 Å². The normalized spacial score (nSPS) is 26.5. The van der Waals surface area contributed by atoms with Crippen LogP contribution < -0.4 is 5.73 Å². The molecule has 1 aliphatic rings. The molecule has 1 heterocycles. The molecule has 0 saturated carbocycles. The van der Waals surface area contributed by atoms with Gasteiger partial charge in [-0.1, -0.05) is 6.92 Å². The first-order valence-corrected chi connectivity index (χ1v) is 5.75.